The van der Waals surface area contributed by atoms with E-state index < -0.39 is 10.0 Å². The molecule has 1 amide bonds. The fourth-order valence-corrected chi connectivity index (χ4v) is 5.82. The summed E-state index contributed by atoms with van der Waals surface area (Å²) in [4.78, 5) is 16.0. The van der Waals surface area contributed by atoms with Crippen LogP contribution >= 0.6 is 11.3 Å². The van der Waals surface area contributed by atoms with Crippen molar-refractivity contribution in [2.24, 2.45) is 0 Å². The lowest BCUT2D eigenvalue weighted by Gasteiger charge is -2.27. The summed E-state index contributed by atoms with van der Waals surface area (Å²) in [6.45, 7) is 5.79. The molecule has 0 fully saturated rings. The van der Waals surface area contributed by atoms with Gasteiger partial charge in [-0.05, 0) is 41.6 Å². The molecule has 1 aromatic heterocycles. The van der Waals surface area contributed by atoms with Gasteiger partial charge in [-0.25, -0.2) is 8.42 Å². The maximum absolute atomic E-state index is 12.8. The van der Waals surface area contributed by atoms with Crippen molar-refractivity contribution in [2.45, 2.75) is 31.7 Å². The number of amides is 1. The molecular weight excluding hydrogens is 410 g/mol. The summed E-state index contributed by atoms with van der Waals surface area (Å²) in [6.07, 6.45) is 0.875. The van der Waals surface area contributed by atoms with Crippen LogP contribution in [0.2, 0.25) is 0 Å². The van der Waals surface area contributed by atoms with Gasteiger partial charge in [0.05, 0.1) is 24.2 Å². The Morgan fingerprint density at radius 3 is 2.72 bits per heavy atom. The van der Waals surface area contributed by atoms with E-state index in [1.807, 2.05) is 4.90 Å². The number of ether oxygens (including phenoxy) is 1. The van der Waals surface area contributed by atoms with Crippen molar-refractivity contribution in [3.05, 3.63) is 40.1 Å². The van der Waals surface area contributed by atoms with Gasteiger partial charge in [-0.3, -0.25) is 4.79 Å². The van der Waals surface area contributed by atoms with E-state index >= 15 is 0 Å². The molecule has 158 valence electrons. The highest BCUT2D eigenvalue weighted by atomic mass is 32.2. The van der Waals surface area contributed by atoms with Crippen LogP contribution in [-0.4, -0.2) is 56.8 Å². The van der Waals surface area contributed by atoms with Gasteiger partial charge in [-0.2, -0.15) is 4.31 Å². The van der Waals surface area contributed by atoms with E-state index in [2.05, 4.69) is 16.8 Å². The lowest BCUT2D eigenvalue weighted by molar-refractivity contribution is -0.130. The van der Waals surface area contributed by atoms with Crippen molar-refractivity contribution < 1.29 is 17.9 Å². The van der Waals surface area contributed by atoms with E-state index in [0.717, 1.165) is 6.42 Å². The molecule has 2 aromatic rings. The molecule has 0 atom stereocenters. The first kappa shape index (κ1) is 21.6. The second kappa shape index (κ2) is 9.15. The Hall–Kier alpha value is -2.10. The molecule has 0 saturated carbocycles. The number of fused-ring (bicyclic) bond motifs is 1. The van der Waals surface area contributed by atoms with E-state index in [9.17, 15) is 13.2 Å². The summed E-state index contributed by atoms with van der Waals surface area (Å²) < 4.78 is 32.4. The molecule has 1 aromatic carbocycles. The number of thiophene rings is 1. The molecular formula is C20H27N3O4S2. The van der Waals surface area contributed by atoms with Crippen molar-refractivity contribution in [1.29, 1.82) is 0 Å². The number of nitrogens with one attached hydrogen (secondary N) is 1. The molecule has 1 aliphatic heterocycles. The smallest absolute Gasteiger partial charge is 0.243 e. The highest BCUT2D eigenvalue weighted by molar-refractivity contribution is 7.89. The molecule has 2 heterocycles. The van der Waals surface area contributed by atoms with Crippen LogP contribution in [0.4, 0.5) is 5.69 Å². The average Bonchev–Trinajstić information content (AvgIpc) is 3.20. The summed E-state index contributed by atoms with van der Waals surface area (Å²) in [5.41, 5.74) is 1.70. The Morgan fingerprint density at radius 2 is 2.03 bits per heavy atom. The number of hydrogen-bond acceptors (Lipinski definition) is 6. The van der Waals surface area contributed by atoms with E-state index in [4.69, 9.17) is 4.74 Å². The third-order valence-electron chi connectivity index (χ3n) is 5.10. The molecule has 3 rings (SSSR count). The first-order valence-electron chi connectivity index (χ1n) is 9.65. The number of carbonyl (C=O) groups is 1. The maximum atomic E-state index is 12.8. The fourth-order valence-electron chi connectivity index (χ4n) is 3.44. The molecule has 1 N–H and O–H groups in total. The van der Waals surface area contributed by atoms with Crippen molar-refractivity contribution in [3.63, 3.8) is 0 Å². The van der Waals surface area contributed by atoms with E-state index in [1.165, 1.54) is 34.0 Å². The van der Waals surface area contributed by atoms with Gasteiger partial charge >= 0.3 is 0 Å². The number of sulfonamides is 1. The zero-order valence-corrected chi connectivity index (χ0v) is 18.6. The fraction of sp³-hybridized carbons (Fsp3) is 0.450. The Balaban J connectivity index is 1.74. The second-order valence-electron chi connectivity index (χ2n) is 6.74. The molecule has 0 unspecified atom stereocenters. The number of anilines is 1. The zero-order valence-electron chi connectivity index (χ0n) is 17.0. The van der Waals surface area contributed by atoms with Crippen LogP contribution in [0.15, 0.2) is 34.5 Å². The van der Waals surface area contributed by atoms with Crippen molar-refractivity contribution >= 4 is 33.0 Å². The number of rotatable bonds is 8. The van der Waals surface area contributed by atoms with Gasteiger partial charge in [0.15, 0.2) is 0 Å². The quantitative estimate of drug-likeness (QED) is 0.687. The molecule has 0 aliphatic carbocycles. The Bertz CT molecular complexity index is 968. The third kappa shape index (κ3) is 4.57. The van der Waals surface area contributed by atoms with Crippen LogP contribution < -0.4 is 10.1 Å². The number of benzene rings is 1. The van der Waals surface area contributed by atoms with Crippen LogP contribution in [0, 0.1) is 0 Å². The van der Waals surface area contributed by atoms with Crippen molar-refractivity contribution in [3.8, 4) is 5.75 Å². The topological polar surface area (TPSA) is 79.0 Å². The highest BCUT2D eigenvalue weighted by Gasteiger charge is 2.24. The summed E-state index contributed by atoms with van der Waals surface area (Å²) >= 11 is 1.73. The monoisotopic (exact) mass is 437 g/mol. The lowest BCUT2D eigenvalue weighted by Crippen LogP contribution is -2.38. The molecule has 0 radical (unpaired) electrons. The Labute approximate surface area is 176 Å². The minimum absolute atomic E-state index is 0.0269. The van der Waals surface area contributed by atoms with Gasteiger partial charge in [0.25, 0.3) is 0 Å². The molecule has 0 saturated heterocycles. The van der Waals surface area contributed by atoms with E-state index in [-0.39, 0.29) is 17.3 Å². The largest absolute Gasteiger partial charge is 0.495 e. The highest BCUT2D eigenvalue weighted by Crippen LogP contribution is 2.29. The Kier molecular flexibility index (Phi) is 6.81. The van der Waals surface area contributed by atoms with Crippen LogP contribution in [-0.2, 0) is 27.8 Å². The van der Waals surface area contributed by atoms with Crippen LogP contribution in [0.25, 0.3) is 0 Å². The van der Waals surface area contributed by atoms with Gasteiger partial charge in [0, 0.05) is 31.1 Å². The predicted octanol–water partition coefficient (Wildman–Crippen LogP) is 2.78. The maximum Gasteiger partial charge on any atom is 0.243 e. The second-order valence-corrected chi connectivity index (χ2v) is 9.68. The summed E-state index contributed by atoms with van der Waals surface area (Å²) in [7, 11) is -2.07. The molecule has 9 heteroatoms. The molecule has 29 heavy (non-hydrogen) atoms. The van der Waals surface area contributed by atoms with E-state index in [1.54, 1.807) is 31.3 Å². The van der Waals surface area contributed by atoms with Gasteiger partial charge in [0.1, 0.15) is 5.75 Å². The molecule has 0 bridgehead atoms. The number of nitrogens with zero attached hydrogens (tertiary/aromatic N) is 2. The average molecular weight is 438 g/mol. The van der Waals surface area contributed by atoms with Crippen molar-refractivity contribution in [1.82, 2.24) is 9.21 Å². The molecule has 1 aliphatic rings. The standard InChI is InChI=1S/C20H27N3O4S2/c1-4-23(5-2)29(25,26)16-6-7-18(27-3)17(12-16)21-13-20(24)22-10-8-19-15(14-22)9-11-28-19/h6-7,9,11-12,21H,4-5,8,10,13-14H2,1-3H3. The van der Waals surface area contributed by atoms with Gasteiger partial charge < -0.3 is 15.0 Å². The number of hydrogen-bond donors (Lipinski definition) is 1. The van der Waals surface area contributed by atoms with Gasteiger partial charge in [-0.1, -0.05) is 13.8 Å². The predicted molar refractivity (Wildman–Crippen MR) is 115 cm³/mol. The number of methoxy groups -OCH3 is 1. The van der Waals surface area contributed by atoms with Crippen LogP contribution in [0.3, 0.4) is 0 Å². The normalized spacial score (nSPS) is 14.0. The minimum atomic E-state index is -3.59. The summed E-state index contributed by atoms with van der Waals surface area (Å²) in [5, 5.41) is 5.13. The van der Waals surface area contributed by atoms with E-state index in [0.29, 0.717) is 37.6 Å². The lowest BCUT2D eigenvalue weighted by atomic mass is 10.1. The molecule has 7 nitrogen and oxygen atoms in total. The summed E-state index contributed by atoms with van der Waals surface area (Å²) in [6, 6.07) is 6.74. The first-order valence-corrected chi connectivity index (χ1v) is 12.0. The van der Waals surface area contributed by atoms with Gasteiger partial charge in [0.2, 0.25) is 15.9 Å². The molecule has 0 spiro atoms. The minimum Gasteiger partial charge on any atom is -0.495 e. The number of carbonyl (C=O) groups excluding carboxylic acids is 1. The van der Waals surface area contributed by atoms with Crippen LogP contribution in [0.5, 0.6) is 5.75 Å². The van der Waals surface area contributed by atoms with Crippen molar-refractivity contribution in [2.75, 3.05) is 38.6 Å². The third-order valence-corrected chi connectivity index (χ3v) is 8.17. The van der Waals surface area contributed by atoms with Crippen LogP contribution in [0.1, 0.15) is 24.3 Å². The first-order chi connectivity index (χ1) is 13.9. The Morgan fingerprint density at radius 1 is 1.28 bits per heavy atom. The zero-order chi connectivity index (χ0) is 21.0. The SMILES string of the molecule is CCN(CC)S(=O)(=O)c1ccc(OC)c(NCC(=O)N2CCc3sccc3C2)c1. The van der Waals surface area contributed by atoms with Gasteiger partial charge in [-0.15, -0.1) is 11.3 Å². The summed E-state index contributed by atoms with van der Waals surface area (Å²) in [5.74, 6) is 0.468.